The Labute approximate surface area is 373 Å². The number of ketones is 1. The number of allylic oxidation sites excluding steroid dienone is 5. The fourth-order valence-corrected chi connectivity index (χ4v) is 8.27. The molecule has 1 aliphatic rings. The van der Waals surface area contributed by atoms with E-state index in [0.29, 0.717) is 32.1 Å². The highest BCUT2D eigenvalue weighted by Gasteiger charge is 2.28. The first-order valence-corrected chi connectivity index (χ1v) is 25.4. The molecular formula is C49H82NO11P. The maximum atomic E-state index is 12.7. The number of phosphoric ester groups is 1. The number of rotatable bonds is 38. The van der Waals surface area contributed by atoms with Gasteiger partial charge in [-0.1, -0.05) is 128 Å². The first-order chi connectivity index (χ1) is 29.9. The van der Waals surface area contributed by atoms with Crippen LogP contribution in [0, 0.1) is 25.7 Å². The van der Waals surface area contributed by atoms with Gasteiger partial charge in [0.1, 0.15) is 18.1 Å². The third-order valence-electron chi connectivity index (χ3n) is 11.5. The molecule has 2 rings (SSSR count). The summed E-state index contributed by atoms with van der Waals surface area (Å²) in [4.78, 5) is 47.6. The van der Waals surface area contributed by atoms with Crippen molar-refractivity contribution in [3.8, 4) is 0 Å². The summed E-state index contributed by atoms with van der Waals surface area (Å²) in [5.74, 6) is 1.14. The lowest BCUT2D eigenvalue weighted by Gasteiger charge is -2.19. The number of aryl methyl sites for hydroxylation is 2. The van der Waals surface area contributed by atoms with Crippen molar-refractivity contribution < 1.29 is 51.9 Å². The van der Waals surface area contributed by atoms with Gasteiger partial charge in [-0.05, 0) is 81.9 Å². The van der Waals surface area contributed by atoms with E-state index >= 15 is 0 Å². The third kappa shape index (κ3) is 24.8. The van der Waals surface area contributed by atoms with Crippen molar-refractivity contribution in [2.24, 2.45) is 17.6 Å². The minimum atomic E-state index is -4.44. The predicted molar refractivity (Wildman–Crippen MR) is 246 cm³/mol. The normalized spacial score (nSPS) is 17.3. The molecule has 0 spiro atoms. The number of unbranched alkanes of at least 4 members (excludes halogenated alkanes) is 14. The summed E-state index contributed by atoms with van der Waals surface area (Å²) in [5, 5.41) is 10.2. The molecule has 0 amide bonds. The Morgan fingerprint density at radius 3 is 2.05 bits per heavy atom. The molecule has 0 saturated carbocycles. The molecule has 4 N–H and O–H groups in total. The standard InChI is InChI=1S/C49H82NO11P/c1-5-7-19-26-42(51)32-33-44-41(31-34-45(44)52)25-21-17-18-23-29-48(53)57-37-43(38-59-62(55,56)58-36-35-50)60-49(54)30-24-16-14-12-10-9-11-13-15-22-28-47-40(4)39(3)46(61-47)27-20-8-6-2/h17,21,31-34,41-44,51H,5-16,18-20,22-30,35-38,50H2,1-4H3,(H,55,56)/b21-17-,33-32+/t41-,42-,43+,44+/m0/s1. The Morgan fingerprint density at radius 1 is 0.806 bits per heavy atom. The van der Waals surface area contributed by atoms with Gasteiger partial charge in [0.25, 0.3) is 0 Å². The molecule has 0 aromatic carbocycles. The van der Waals surface area contributed by atoms with Gasteiger partial charge in [-0.2, -0.15) is 0 Å². The topological polar surface area (TPSA) is 185 Å². The summed E-state index contributed by atoms with van der Waals surface area (Å²) in [5.41, 5.74) is 8.03. The lowest BCUT2D eigenvalue weighted by Crippen LogP contribution is -2.29. The van der Waals surface area contributed by atoms with Crippen LogP contribution in [0.3, 0.4) is 0 Å². The fraction of sp³-hybridized carbons (Fsp3) is 0.735. The molecule has 0 radical (unpaired) electrons. The first-order valence-electron chi connectivity index (χ1n) is 23.9. The lowest BCUT2D eigenvalue weighted by atomic mass is 9.90. The molecule has 1 heterocycles. The van der Waals surface area contributed by atoms with Crippen molar-refractivity contribution >= 4 is 25.5 Å². The van der Waals surface area contributed by atoms with Gasteiger partial charge in [-0.15, -0.1) is 0 Å². The number of phosphoric acid groups is 1. The molecule has 62 heavy (non-hydrogen) atoms. The van der Waals surface area contributed by atoms with Gasteiger partial charge in [-0.25, -0.2) is 4.57 Å². The highest BCUT2D eigenvalue weighted by atomic mass is 31.2. The SMILES string of the molecule is CCCCCc1oc(CCCCCCCCCCCCC(=O)O[C@H](COC(=O)CCC/C=C\C[C@H]2C=CC(=O)[C@@H]2/C=C/[C@@H](O)CCCCC)COP(=O)(O)OCCN)c(C)c1C. The van der Waals surface area contributed by atoms with Gasteiger partial charge in [0.05, 0.1) is 19.3 Å². The van der Waals surface area contributed by atoms with E-state index in [4.69, 9.17) is 28.7 Å². The molecule has 0 saturated heterocycles. The molecule has 1 unspecified atom stereocenters. The van der Waals surface area contributed by atoms with Gasteiger partial charge < -0.3 is 29.6 Å². The van der Waals surface area contributed by atoms with Crippen molar-refractivity contribution in [2.75, 3.05) is 26.4 Å². The Balaban J connectivity index is 1.64. The number of ether oxygens (including phenoxy) is 2. The minimum absolute atomic E-state index is 0.0191. The highest BCUT2D eigenvalue weighted by Crippen LogP contribution is 2.43. The molecule has 1 aromatic heterocycles. The van der Waals surface area contributed by atoms with Crippen LogP contribution in [-0.2, 0) is 50.3 Å². The summed E-state index contributed by atoms with van der Waals surface area (Å²) in [6, 6.07) is 0. The molecule has 1 aromatic rings. The van der Waals surface area contributed by atoms with Crippen molar-refractivity contribution in [3.05, 3.63) is 59.1 Å². The van der Waals surface area contributed by atoms with Crippen LogP contribution < -0.4 is 5.73 Å². The molecule has 354 valence electrons. The van der Waals surface area contributed by atoms with Gasteiger partial charge in [-0.3, -0.25) is 23.4 Å². The zero-order valence-corrected chi connectivity index (χ0v) is 39.6. The van der Waals surface area contributed by atoms with Crippen LogP contribution >= 0.6 is 7.82 Å². The average molecular weight is 892 g/mol. The van der Waals surface area contributed by atoms with E-state index in [1.807, 2.05) is 24.3 Å². The van der Waals surface area contributed by atoms with Gasteiger partial charge in [0.2, 0.25) is 0 Å². The first kappa shape index (κ1) is 55.3. The van der Waals surface area contributed by atoms with Crippen molar-refractivity contribution in [3.63, 3.8) is 0 Å². The highest BCUT2D eigenvalue weighted by molar-refractivity contribution is 7.47. The monoisotopic (exact) mass is 892 g/mol. The number of aliphatic hydroxyl groups is 1. The molecule has 13 heteroatoms. The van der Waals surface area contributed by atoms with Gasteiger partial charge in [0, 0.05) is 38.1 Å². The van der Waals surface area contributed by atoms with E-state index < -0.39 is 38.6 Å². The quantitative estimate of drug-likeness (QED) is 0.0247. The number of aliphatic hydroxyl groups excluding tert-OH is 1. The Kier molecular flexibility index (Phi) is 30.0. The molecule has 0 aliphatic heterocycles. The summed E-state index contributed by atoms with van der Waals surface area (Å²) >= 11 is 0. The minimum Gasteiger partial charge on any atom is -0.466 e. The van der Waals surface area contributed by atoms with Crippen LogP contribution in [0.4, 0.5) is 0 Å². The zero-order chi connectivity index (χ0) is 45.4. The number of hydrogen-bond acceptors (Lipinski definition) is 11. The van der Waals surface area contributed by atoms with Crippen LogP contribution in [0.1, 0.15) is 178 Å². The van der Waals surface area contributed by atoms with E-state index in [0.717, 1.165) is 57.8 Å². The molecule has 1 aliphatic carbocycles. The summed E-state index contributed by atoms with van der Waals surface area (Å²) in [6.45, 7) is 7.73. The summed E-state index contributed by atoms with van der Waals surface area (Å²) in [6.07, 6.45) is 31.9. The second-order valence-corrected chi connectivity index (χ2v) is 18.3. The van der Waals surface area contributed by atoms with Gasteiger partial charge in [0.15, 0.2) is 11.9 Å². The largest absolute Gasteiger partial charge is 0.472 e. The van der Waals surface area contributed by atoms with E-state index in [1.54, 1.807) is 12.2 Å². The average Bonchev–Trinajstić information content (AvgIpc) is 3.74. The number of nitrogens with two attached hydrogens (primary N) is 1. The van der Waals surface area contributed by atoms with Crippen LogP contribution in [-0.4, -0.2) is 66.3 Å². The van der Waals surface area contributed by atoms with E-state index in [9.17, 15) is 28.9 Å². The number of hydrogen-bond donors (Lipinski definition) is 3. The predicted octanol–water partition coefficient (Wildman–Crippen LogP) is 11.0. The molecule has 12 nitrogen and oxygen atoms in total. The molecular weight excluding hydrogens is 810 g/mol. The lowest BCUT2D eigenvalue weighted by molar-refractivity contribution is -0.161. The Morgan fingerprint density at radius 2 is 1.40 bits per heavy atom. The van der Waals surface area contributed by atoms with Crippen molar-refractivity contribution in [1.29, 1.82) is 0 Å². The van der Waals surface area contributed by atoms with Crippen LogP contribution in [0.5, 0.6) is 0 Å². The maximum Gasteiger partial charge on any atom is 0.472 e. The molecule has 5 atom stereocenters. The zero-order valence-electron chi connectivity index (χ0n) is 38.7. The maximum absolute atomic E-state index is 12.7. The van der Waals surface area contributed by atoms with Crippen LogP contribution in [0.25, 0.3) is 0 Å². The number of esters is 2. The smallest absolute Gasteiger partial charge is 0.466 e. The second kappa shape index (κ2) is 33.6. The summed E-state index contributed by atoms with van der Waals surface area (Å²) in [7, 11) is -4.44. The number of carbonyl (C=O) groups is 3. The second-order valence-electron chi connectivity index (χ2n) is 16.9. The van der Waals surface area contributed by atoms with E-state index in [-0.39, 0.29) is 50.2 Å². The van der Waals surface area contributed by atoms with Crippen LogP contribution in [0.15, 0.2) is 40.9 Å². The summed E-state index contributed by atoms with van der Waals surface area (Å²) < 4.78 is 39.1. The Bertz CT molecular complexity index is 1540. The molecule has 0 fully saturated rings. The van der Waals surface area contributed by atoms with Crippen molar-refractivity contribution in [1.82, 2.24) is 0 Å². The number of carbonyl (C=O) groups excluding carboxylic acids is 3. The fourth-order valence-electron chi connectivity index (χ4n) is 7.51. The van der Waals surface area contributed by atoms with E-state index in [2.05, 4.69) is 27.7 Å². The van der Waals surface area contributed by atoms with E-state index in [1.165, 1.54) is 74.0 Å². The Hall–Kier alpha value is -2.86. The third-order valence-corrected chi connectivity index (χ3v) is 12.5. The van der Waals surface area contributed by atoms with Crippen LogP contribution in [0.2, 0.25) is 0 Å². The van der Waals surface area contributed by atoms with Gasteiger partial charge >= 0.3 is 19.8 Å². The number of furan rings is 1. The molecule has 0 bridgehead atoms. The van der Waals surface area contributed by atoms with Crippen molar-refractivity contribution in [2.45, 2.75) is 194 Å².